The fourth-order valence-electron chi connectivity index (χ4n) is 3.92. The molecule has 0 aromatic heterocycles. The third kappa shape index (κ3) is 3.38. The van der Waals surface area contributed by atoms with Gasteiger partial charge in [-0.25, -0.2) is 4.39 Å². The molecule has 1 aromatic carbocycles. The van der Waals surface area contributed by atoms with Crippen LogP contribution in [0.3, 0.4) is 0 Å². The summed E-state index contributed by atoms with van der Waals surface area (Å²) in [6.45, 7) is 3.88. The lowest BCUT2D eigenvalue weighted by atomic mass is 9.80. The SMILES string of the molecule is Oc1ccc(F)cc1[C@H](C1CCCCC1)N1CCNCC1. The lowest BCUT2D eigenvalue weighted by Crippen LogP contribution is -2.47. The average Bonchev–Trinajstić information content (AvgIpc) is 2.53. The Morgan fingerprint density at radius 2 is 1.86 bits per heavy atom. The van der Waals surface area contributed by atoms with Gasteiger partial charge in [-0.1, -0.05) is 19.3 Å². The fraction of sp³-hybridized carbons (Fsp3) is 0.647. The highest BCUT2D eigenvalue weighted by atomic mass is 19.1. The van der Waals surface area contributed by atoms with E-state index in [1.165, 1.54) is 50.3 Å². The van der Waals surface area contributed by atoms with Gasteiger partial charge in [0.05, 0.1) is 0 Å². The van der Waals surface area contributed by atoms with E-state index in [0.29, 0.717) is 5.92 Å². The van der Waals surface area contributed by atoms with Crippen molar-refractivity contribution >= 4 is 0 Å². The van der Waals surface area contributed by atoms with Gasteiger partial charge in [-0.3, -0.25) is 4.90 Å². The molecule has 3 nitrogen and oxygen atoms in total. The van der Waals surface area contributed by atoms with E-state index in [0.717, 1.165) is 31.7 Å². The third-order valence-electron chi connectivity index (χ3n) is 4.95. The molecule has 3 rings (SSSR count). The minimum Gasteiger partial charge on any atom is -0.508 e. The van der Waals surface area contributed by atoms with Crippen LogP contribution in [0.2, 0.25) is 0 Å². The molecular weight excluding hydrogens is 267 g/mol. The number of phenolic OH excluding ortho intramolecular Hbond substituents is 1. The van der Waals surface area contributed by atoms with E-state index in [-0.39, 0.29) is 17.6 Å². The number of piperazine rings is 1. The molecular formula is C17H25FN2O. The van der Waals surface area contributed by atoms with E-state index in [1.54, 1.807) is 0 Å². The quantitative estimate of drug-likeness (QED) is 0.899. The van der Waals surface area contributed by atoms with E-state index in [1.807, 2.05) is 0 Å². The van der Waals surface area contributed by atoms with Gasteiger partial charge >= 0.3 is 0 Å². The summed E-state index contributed by atoms with van der Waals surface area (Å²) in [4.78, 5) is 2.43. The number of rotatable bonds is 3. The number of hydrogen-bond acceptors (Lipinski definition) is 3. The van der Waals surface area contributed by atoms with E-state index < -0.39 is 0 Å². The van der Waals surface area contributed by atoms with Crippen LogP contribution in [-0.2, 0) is 0 Å². The maximum Gasteiger partial charge on any atom is 0.123 e. The Balaban J connectivity index is 1.91. The molecule has 0 spiro atoms. The first kappa shape index (κ1) is 14.8. The van der Waals surface area contributed by atoms with Crippen LogP contribution >= 0.6 is 0 Å². The summed E-state index contributed by atoms with van der Waals surface area (Å²) < 4.78 is 13.7. The van der Waals surface area contributed by atoms with Crippen LogP contribution in [0.4, 0.5) is 4.39 Å². The molecule has 4 heteroatoms. The first-order valence-corrected chi connectivity index (χ1v) is 8.19. The van der Waals surface area contributed by atoms with Gasteiger partial charge < -0.3 is 10.4 Å². The summed E-state index contributed by atoms with van der Waals surface area (Å²) in [6, 6.07) is 4.54. The average molecular weight is 292 g/mol. The number of aromatic hydroxyl groups is 1. The molecule has 1 atom stereocenters. The van der Waals surface area contributed by atoms with Crippen molar-refractivity contribution in [2.75, 3.05) is 26.2 Å². The van der Waals surface area contributed by atoms with Crippen LogP contribution in [0.1, 0.15) is 43.7 Å². The van der Waals surface area contributed by atoms with Crippen molar-refractivity contribution in [3.05, 3.63) is 29.6 Å². The monoisotopic (exact) mass is 292 g/mol. The summed E-state index contributed by atoms with van der Waals surface area (Å²) in [5.41, 5.74) is 0.781. The smallest absolute Gasteiger partial charge is 0.123 e. The Labute approximate surface area is 126 Å². The van der Waals surface area contributed by atoms with Crippen molar-refractivity contribution in [2.24, 2.45) is 5.92 Å². The van der Waals surface area contributed by atoms with Crippen LogP contribution in [0, 0.1) is 11.7 Å². The zero-order chi connectivity index (χ0) is 14.7. The molecule has 0 bridgehead atoms. The second-order valence-corrected chi connectivity index (χ2v) is 6.33. The number of halogens is 1. The topological polar surface area (TPSA) is 35.5 Å². The first-order chi connectivity index (χ1) is 10.3. The largest absolute Gasteiger partial charge is 0.508 e. The molecule has 1 heterocycles. The predicted molar refractivity (Wildman–Crippen MR) is 81.8 cm³/mol. The molecule has 1 saturated heterocycles. The Kier molecular flexibility index (Phi) is 4.76. The van der Waals surface area contributed by atoms with Crippen LogP contribution < -0.4 is 5.32 Å². The first-order valence-electron chi connectivity index (χ1n) is 8.19. The molecule has 21 heavy (non-hydrogen) atoms. The van der Waals surface area contributed by atoms with Crippen molar-refractivity contribution < 1.29 is 9.50 Å². The molecule has 2 aliphatic rings. The lowest BCUT2D eigenvalue weighted by molar-refractivity contribution is 0.101. The number of phenols is 1. The normalized spacial score (nSPS) is 23.1. The molecule has 116 valence electrons. The molecule has 1 aliphatic carbocycles. The molecule has 1 aliphatic heterocycles. The zero-order valence-electron chi connectivity index (χ0n) is 12.5. The van der Waals surface area contributed by atoms with Crippen LogP contribution in [-0.4, -0.2) is 36.2 Å². The molecule has 0 radical (unpaired) electrons. The minimum absolute atomic E-state index is 0.156. The van der Waals surface area contributed by atoms with Crippen LogP contribution in [0.25, 0.3) is 0 Å². The highest BCUT2D eigenvalue weighted by molar-refractivity contribution is 5.36. The van der Waals surface area contributed by atoms with Crippen molar-refractivity contribution in [3.63, 3.8) is 0 Å². The van der Waals surface area contributed by atoms with Gasteiger partial charge in [0.25, 0.3) is 0 Å². The van der Waals surface area contributed by atoms with Crippen molar-refractivity contribution in [1.29, 1.82) is 0 Å². The second-order valence-electron chi connectivity index (χ2n) is 6.33. The molecule has 2 N–H and O–H groups in total. The van der Waals surface area contributed by atoms with Crippen LogP contribution in [0.5, 0.6) is 5.75 Å². The maximum absolute atomic E-state index is 13.7. The van der Waals surface area contributed by atoms with Crippen molar-refractivity contribution in [2.45, 2.75) is 38.1 Å². The van der Waals surface area contributed by atoms with Gasteiger partial charge in [0, 0.05) is 37.8 Å². The van der Waals surface area contributed by atoms with Gasteiger partial charge in [0.15, 0.2) is 0 Å². The Bertz CT molecular complexity index is 450. The van der Waals surface area contributed by atoms with E-state index in [2.05, 4.69) is 10.2 Å². The number of nitrogens with one attached hydrogen (secondary N) is 1. The Morgan fingerprint density at radius 1 is 1.14 bits per heavy atom. The summed E-state index contributed by atoms with van der Waals surface area (Å²) in [7, 11) is 0. The summed E-state index contributed by atoms with van der Waals surface area (Å²) in [6.07, 6.45) is 6.18. The van der Waals surface area contributed by atoms with Crippen molar-refractivity contribution in [3.8, 4) is 5.75 Å². The van der Waals surface area contributed by atoms with Gasteiger partial charge in [-0.2, -0.15) is 0 Å². The molecule has 1 saturated carbocycles. The van der Waals surface area contributed by atoms with E-state index in [9.17, 15) is 9.50 Å². The lowest BCUT2D eigenvalue weighted by Gasteiger charge is -2.41. The molecule has 2 fully saturated rings. The molecule has 0 unspecified atom stereocenters. The highest BCUT2D eigenvalue weighted by Crippen LogP contribution is 2.41. The predicted octanol–water partition coefficient (Wildman–Crippen LogP) is 3.06. The van der Waals surface area contributed by atoms with Crippen LogP contribution in [0.15, 0.2) is 18.2 Å². The highest BCUT2D eigenvalue weighted by Gasteiger charge is 2.32. The summed E-state index contributed by atoms with van der Waals surface area (Å²) in [5, 5.41) is 13.6. The zero-order valence-corrected chi connectivity index (χ0v) is 12.5. The van der Waals surface area contributed by atoms with Gasteiger partial charge in [0.2, 0.25) is 0 Å². The van der Waals surface area contributed by atoms with E-state index >= 15 is 0 Å². The Morgan fingerprint density at radius 3 is 2.57 bits per heavy atom. The molecule has 1 aromatic rings. The van der Waals surface area contributed by atoms with Crippen molar-refractivity contribution in [1.82, 2.24) is 10.2 Å². The third-order valence-corrected chi connectivity index (χ3v) is 4.95. The minimum atomic E-state index is -0.251. The molecule has 0 amide bonds. The second kappa shape index (κ2) is 6.75. The summed E-state index contributed by atoms with van der Waals surface area (Å²) >= 11 is 0. The summed E-state index contributed by atoms with van der Waals surface area (Å²) in [5.74, 6) is 0.522. The number of hydrogen-bond donors (Lipinski definition) is 2. The van der Waals surface area contributed by atoms with E-state index in [4.69, 9.17) is 0 Å². The maximum atomic E-state index is 13.7. The Hall–Kier alpha value is -1.13. The number of nitrogens with zero attached hydrogens (tertiary/aromatic N) is 1. The number of benzene rings is 1. The standard InChI is InChI=1S/C17H25FN2O/c18-14-6-7-16(21)15(12-14)17(13-4-2-1-3-5-13)20-10-8-19-9-11-20/h6-7,12-13,17,19,21H,1-5,8-11H2/t17-/m0/s1. The van der Waals surface area contributed by atoms with Gasteiger partial charge in [-0.05, 0) is 37.0 Å². The fourth-order valence-corrected chi connectivity index (χ4v) is 3.92. The van der Waals surface area contributed by atoms with Gasteiger partial charge in [0.1, 0.15) is 11.6 Å². The van der Waals surface area contributed by atoms with Gasteiger partial charge in [-0.15, -0.1) is 0 Å².